The van der Waals surface area contributed by atoms with E-state index in [1.807, 2.05) is 6.92 Å². The standard InChI is InChI=1S/C10H14BrNO3/c1-2-7(13)3-5-12-10(14)8-4-6-15-9(8)11/h4,6-7,13H,2-3,5H2,1H3,(H,12,14). The van der Waals surface area contributed by atoms with E-state index in [2.05, 4.69) is 21.2 Å². The molecule has 15 heavy (non-hydrogen) atoms. The molecular weight excluding hydrogens is 262 g/mol. The number of hydrogen-bond acceptors (Lipinski definition) is 3. The van der Waals surface area contributed by atoms with Crippen LogP contribution in [0, 0.1) is 0 Å². The molecule has 0 saturated heterocycles. The fraction of sp³-hybridized carbons (Fsp3) is 0.500. The lowest BCUT2D eigenvalue weighted by atomic mass is 10.2. The van der Waals surface area contributed by atoms with Gasteiger partial charge in [0.1, 0.15) is 0 Å². The normalized spacial score (nSPS) is 12.5. The van der Waals surface area contributed by atoms with Gasteiger partial charge in [-0.2, -0.15) is 0 Å². The second kappa shape index (κ2) is 5.92. The highest BCUT2D eigenvalue weighted by Gasteiger charge is 2.12. The maximum Gasteiger partial charge on any atom is 0.255 e. The zero-order chi connectivity index (χ0) is 11.3. The number of nitrogens with one attached hydrogen (secondary N) is 1. The summed E-state index contributed by atoms with van der Waals surface area (Å²) in [6.45, 7) is 2.37. The number of hydrogen-bond donors (Lipinski definition) is 2. The fourth-order valence-corrected chi connectivity index (χ4v) is 1.53. The van der Waals surface area contributed by atoms with Crippen LogP contribution in [-0.4, -0.2) is 23.7 Å². The Morgan fingerprint density at radius 1 is 1.73 bits per heavy atom. The van der Waals surface area contributed by atoms with E-state index < -0.39 is 0 Å². The highest BCUT2D eigenvalue weighted by Crippen LogP contribution is 2.16. The van der Waals surface area contributed by atoms with Crippen molar-refractivity contribution >= 4 is 21.8 Å². The molecule has 1 aromatic rings. The van der Waals surface area contributed by atoms with E-state index in [9.17, 15) is 9.90 Å². The third-order valence-corrected chi connectivity index (χ3v) is 2.71. The van der Waals surface area contributed by atoms with Gasteiger partial charge < -0.3 is 14.8 Å². The second-order valence-electron chi connectivity index (χ2n) is 3.21. The summed E-state index contributed by atoms with van der Waals surface area (Å²) in [4.78, 5) is 11.5. The van der Waals surface area contributed by atoms with Gasteiger partial charge in [-0.15, -0.1) is 0 Å². The summed E-state index contributed by atoms with van der Waals surface area (Å²) in [6.07, 6.45) is 2.36. The fourth-order valence-electron chi connectivity index (χ4n) is 1.11. The third kappa shape index (κ3) is 3.68. The molecule has 2 N–H and O–H groups in total. The highest BCUT2D eigenvalue weighted by atomic mass is 79.9. The van der Waals surface area contributed by atoms with Crippen molar-refractivity contribution in [2.45, 2.75) is 25.9 Å². The molecule has 0 aliphatic heterocycles. The van der Waals surface area contributed by atoms with Crippen LogP contribution in [0.4, 0.5) is 0 Å². The van der Waals surface area contributed by atoms with E-state index in [4.69, 9.17) is 4.42 Å². The monoisotopic (exact) mass is 275 g/mol. The van der Waals surface area contributed by atoms with Gasteiger partial charge in [0.15, 0.2) is 4.67 Å². The predicted octanol–water partition coefficient (Wildman–Crippen LogP) is 1.93. The van der Waals surface area contributed by atoms with Gasteiger partial charge in [-0.1, -0.05) is 6.92 Å². The topological polar surface area (TPSA) is 62.5 Å². The molecule has 1 atom stereocenters. The molecule has 0 saturated carbocycles. The van der Waals surface area contributed by atoms with Crippen molar-refractivity contribution < 1.29 is 14.3 Å². The average molecular weight is 276 g/mol. The van der Waals surface area contributed by atoms with E-state index in [0.29, 0.717) is 29.6 Å². The first-order valence-electron chi connectivity index (χ1n) is 4.84. The van der Waals surface area contributed by atoms with Crippen LogP contribution in [0.15, 0.2) is 21.4 Å². The lowest BCUT2D eigenvalue weighted by Gasteiger charge is -2.07. The van der Waals surface area contributed by atoms with Crippen LogP contribution < -0.4 is 5.32 Å². The molecular formula is C10H14BrNO3. The summed E-state index contributed by atoms with van der Waals surface area (Å²) in [5.74, 6) is -0.195. The minimum Gasteiger partial charge on any atom is -0.457 e. The van der Waals surface area contributed by atoms with E-state index in [1.165, 1.54) is 6.26 Å². The third-order valence-electron chi connectivity index (χ3n) is 2.10. The lowest BCUT2D eigenvalue weighted by Crippen LogP contribution is -2.26. The van der Waals surface area contributed by atoms with Gasteiger partial charge in [0.05, 0.1) is 17.9 Å². The minimum atomic E-state index is -0.349. The Kier molecular flexibility index (Phi) is 4.84. The first-order chi connectivity index (χ1) is 7.15. The van der Waals surface area contributed by atoms with E-state index in [-0.39, 0.29) is 12.0 Å². The van der Waals surface area contributed by atoms with Gasteiger partial charge in [0, 0.05) is 6.54 Å². The molecule has 0 aliphatic rings. The smallest absolute Gasteiger partial charge is 0.255 e. The van der Waals surface area contributed by atoms with Gasteiger partial charge in [-0.05, 0) is 34.8 Å². The highest BCUT2D eigenvalue weighted by molar-refractivity contribution is 9.10. The van der Waals surface area contributed by atoms with Gasteiger partial charge in [0.25, 0.3) is 5.91 Å². The quantitative estimate of drug-likeness (QED) is 0.863. The average Bonchev–Trinajstić information content (AvgIpc) is 2.64. The molecule has 1 amide bonds. The molecule has 1 rings (SSSR count). The Morgan fingerprint density at radius 3 is 3.00 bits per heavy atom. The Labute approximate surface area is 96.8 Å². The predicted molar refractivity (Wildman–Crippen MR) is 59.7 cm³/mol. The maximum absolute atomic E-state index is 11.5. The molecule has 5 heteroatoms. The first kappa shape index (κ1) is 12.3. The Hall–Kier alpha value is -0.810. The van der Waals surface area contributed by atoms with Crippen LogP contribution in [0.2, 0.25) is 0 Å². The van der Waals surface area contributed by atoms with Crippen LogP contribution in [0.25, 0.3) is 0 Å². The largest absolute Gasteiger partial charge is 0.457 e. The number of carbonyl (C=O) groups is 1. The molecule has 1 unspecified atom stereocenters. The lowest BCUT2D eigenvalue weighted by molar-refractivity contribution is 0.0940. The summed E-state index contributed by atoms with van der Waals surface area (Å²) < 4.78 is 5.37. The number of aliphatic hydroxyl groups is 1. The number of rotatable bonds is 5. The van der Waals surface area contributed by atoms with Crippen LogP contribution in [0.3, 0.4) is 0 Å². The number of halogens is 1. The van der Waals surface area contributed by atoms with E-state index in [0.717, 1.165) is 0 Å². The summed E-state index contributed by atoms with van der Waals surface area (Å²) in [7, 11) is 0. The van der Waals surface area contributed by atoms with Crippen molar-refractivity contribution in [2.24, 2.45) is 0 Å². The summed E-state index contributed by atoms with van der Waals surface area (Å²) in [6, 6.07) is 1.59. The molecule has 0 radical (unpaired) electrons. The summed E-state index contributed by atoms with van der Waals surface area (Å²) in [5.41, 5.74) is 0.473. The molecule has 0 spiro atoms. The second-order valence-corrected chi connectivity index (χ2v) is 3.93. The van der Waals surface area contributed by atoms with Crippen LogP contribution in [-0.2, 0) is 0 Å². The van der Waals surface area contributed by atoms with Gasteiger partial charge >= 0.3 is 0 Å². The van der Waals surface area contributed by atoms with Gasteiger partial charge in [-0.25, -0.2) is 0 Å². The zero-order valence-electron chi connectivity index (χ0n) is 8.50. The molecule has 1 aromatic heterocycles. The van der Waals surface area contributed by atoms with Crippen LogP contribution >= 0.6 is 15.9 Å². The molecule has 0 fully saturated rings. The van der Waals surface area contributed by atoms with Crippen molar-refractivity contribution in [1.29, 1.82) is 0 Å². The number of amides is 1. The number of carbonyl (C=O) groups excluding carboxylic acids is 1. The molecule has 84 valence electrons. The van der Waals surface area contributed by atoms with Crippen molar-refractivity contribution in [3.8, 4) is 0 Å². The molecule has 0 bridgehead atoms. The molecule has 1 heterocycles. The Morgan fingerprint density at radius 2 is 2.47 bits per heavy atom. The van der Waals surface area contributed by atoms with Crippen molar-refractivity contribution in [2.75, 3.05) is 6.54 Å². The summed E-state index contributed by atoms with van der Waals surface area (Å²) in [5, 5.41) is 12.0. The Bertz CT molecular complexity index is 324. The van der Waals surface area contributed by atoms with Crippen LogP contribution in [0.1, 0.15) is 30.1 Å². The van der Waals surface area contributed by atoms with Crippen LogP contribution in [0.5, 0.6) is 0 Å². The zero-order valence-corrected chi connectivity index (χ0v) is 10.1. The maximum atomic E-state index is 11.5. The molecule has 0 aromatic carbocycles. The molecule has 0 aliphatic carbocycles. The van der Waals surface area contributed by atoms with E-state index in [1.54, 1.807) is 6.07 Å². The number of furan rings is 1. The van der Waals surface area contributed by atoms with Crippen molar-refractivity contribution in [1.82, 2.24) is 5.32 Å². The van der Waals surface area contributed by atoms with E-state index >= 15 is 0 Å². The van der Waals surface area contributed by atoms with Crippen molar-refractivity contribution in [3.05, 3.63) is 22.6 Å². The SMILES string of the molecule is CCC(O)CCNC(=O)c1ccoc1Br. The van der Waals surface area contributed by atoms with Crippen molar-refractivity contribution in [3.63, 3.8) is 0 Å². The number of aliphatic hydroxyl groups excluding tert-OH is 1. The summed E-state index contributed by atoms with van der Waals surface area (Å²) >= 11 is 3.12. The molecule has 4 nitrogen and oxygen atoms in total. The minimum absolute atomic E-state index is 0.195. The first-order valence-corrected chi connectivity index (χ1v) is 5.63. The van der Waals surface area contributed by atoms with Gasteiger partial charge in [-0.3, -0.25) is 4.79 Å². The van der Waals surface area contributed by atoms with Gasteiger partial charge in [0.2, 0.25) is 0 Å². The Balaban J connectivity index is 2.34.